The van der Waals surface area contributed by atoms with Crippen molar-refractivity contribution in [1.29, 1.82) is 0 Å². The molecule has 0 radical (unpaired) electrons. The molecule has 0 fully saturated rings. The highest BCUT2D eigenvalue weighted by Crippen LogP contribution is 2.24. The fraction of sp³-hybridized carbons (Fsp3) is 0.250. The molecule has 4 N–H and O–H groups in total. The van der Waals surface area contributed by atoms with Gasteiger partial charge >= 0.3 is 0 Å². The lowest BCUT2D eigenvalue weighted by molar-refractivity contribution is 0.556. The van der Waals surface area contributed by atoms with E-state index >= 15 is 0 Å². The number of rotatable bonds is 4. The molecular formula is C8H10N8O2S2. The number of nitrogens with two attached hydrogens (primary N) is 1. The number of nitrogen functional groups attached to an aromatic ring is 1. The highest BCUT2D eigenvalue weighted by Gasteiger charge is 2.27. The van der Waals surface area contributed by atoms with E-state index in [1.807, 2.05) is 0 Å². The van der Waals surface area contributed by atoms with E-state index in [0.717, 1.165) is 0 Å². The standard InChI is InChI=1S/C8H10N8O2S2/c1-4(6-11-14-15-12-6)13-20(17,18)7-5(9)10-8-16(7)2-3-19-8/h2-4,13H,9H2,1H3,(H,11,12,14,15). The molecule has 0 bridgehead atoms. The maximum Gasteiger partial charge on any atom is 0.261 e. The van der Waals surface area contributed by atoms with Crippen LogP contribution in [0.15, 0.2) is 16.6 Å². The zero-order chi connectivity index (χ0) is 14.3. The van der Waals surface area contributed by atoms with Gasteiger partial charge in [0.2, 0.25) is 0 Å². The van der Waals surface area contributed by atoms with Gasteiger partial charge in [-0.1, -0.05) is 5.21 Å². The average Bonchev–Trinajstić information content (AvgIpc) is 3.01. The van der Waals surface area contributed by atoms with E-state index in [0.29, 0.717) is 4.96 Å². The summed E-state index contributed by atoms with van der Waals surface area (Å²) in [6.07, 6.45) is 1.59. The molecule has 3 aromatic heterocycles. The number of tetrazole rings is 1. The van der Waals surface area contributed by atoms with Crippen LogP contribution in [0.4, 0.5) is 5.82 Å². The number of thiazole rings is 1. The van der Waals surface area contributed by atoms with Gasteiger partial charge in [-0.2, -0.15) is 9.94 Å². The molecule has 106 valence electrons. The molecule has 0 saturated carbocycles. The van der Waals surface area contributed by atoms with Crippen LogP contribution in [-0.2, 0) is 10.0 Å². The second-order valence-electron chi connectivity index (χ2n) is 3.97. The zero-order valence-corrected chi connectivity index (χ0v) is 11.8. The van der Waals surface area contributed by atoms with Gasteiger partial charge in [-0.25, -0.2) is 13.4 Å². The van der Waals surface area contributed by atoms with E-state index < -0.39 is 16.1 Å². The second-order valence-corrected chi connectivity index (χ2v) is 6.47. The predicted molar refractivity (Wildman–Crippen MR) is 70.4 cm³/mol. The fourth-order valence-corrected chi connectivity index (χ4v) is 3.93. The number of imidazole rings is 1. The average molecular weight is 314 g/mol. The number of anilines is 1. The SMILES string of the molecule is CC(NS(=O)(=O)c1c(N)nc2sccn12)c1nn[nH]n1. The second kappa shape index (κ2) is 4.50. The fourth-order valence-electron chi connectivity index (χ4n) is 1.74. The van der Waals surface area contributed by atoms with Gasteiger partial charge in [0.1, 0.15) is 0 Å². The molecule has 0 spiro atoms. The van der Waals surface area contributed by atoms with E-state index in [4.69, 9.17) is 5.73 Å². The van der Waals surface area contributed by atoms with Gasteiger partial charge in [0.15, 0.2) is 21.6 Å². The number of hydrogen-bond acceptors (Lipinski definition) is 8. The summed E-state index contributed by atoms with van der Waals surface area (Å²) in [6.45, 7) is 1.60. The summed E-state index contributed by atoms with van der Waals surface area (Å²) in [5, 5.41) is 14.7. The Bertz CT molecular complexity index is 833. The van der Waals surface area contributed by atoms with E-state index in [9.17, 15) is 8.42 Å². The molecule has 3 aromatic rings. The number of sulfonamides is 1. The Kier molecular flexibility index (Phi) is 2.92. The van der Waals surface area contributed by atoms with Crippen molar-refractivity contribution in [3.05, 3.63) is 17.4 Å². The Morgan fingerprint density at radius 1 is 1.55 bits per heavy atom. The van der Waals surface area contributed by atoms with Crippen LogP contribution in [0.3, 0.4) is 0 Å². The van der Waals surface area contributed by atoms with Crippen LogP contribution in [-0.4, -0.2) is 38.4 Å². The lowest BCUT2D eigenvalue weighted by Gasteiger charge is -2.10. The molecule has 0 aliphatic rings. The molecule has 1 unspecified atom stereocenters. The first-order valence-electron chi connectivity index (χ1n) is 5.46. The van der Waals surface area contributed by atoms with Crippen LogP contribution in [0.5, 0.6) is 0 Å². The number of aromatic nitrogens is 6. The first-order valence-corrected chi connectivity index (χ1v) is 7.82. The maximum atomic E-state index is 12.4. The zero-order valence-electron chi connectivity index (χ0n) is 10.2. The van der Waals surface area contributed by atoms with Gasteiger partial charge in [-0.3, -0.25) is 4.40 Å². The van der Waals surface area contributed by atoms with Crippen molar-refractivity contribution < 1.29 is 8.42 Å². The number of nitrogens with one attached hydrogen (secondary N) is 2. The third-order valence-corrected chi connectivity index (χ3v) is 4.91. The quantitative estimate of drug-likeness (QED) is 0.590. The molecule has 3 rings (SSSR count). The van der Waals surface area contributed by atoms with E-state index in [1.165, 1.54) is 15.7 Å². The van der Waals surface area contributed by atoms with Crippen molar-refractivity contribution >= 4 is 32.1 Å². The number of aromatic amines is 1. The molecule has 0 aliphatic carbocycles. The van der Waals surface area contributed by atoms with Gasteiger partial charge in [-0.05, 0) is 6.92 Å². The van der Waals surface area contributed by atoms with Crippen molar-refractivity contribution in [2.24, 2.45) is 0 Å². The molecule has 10 nitrogen and oxygen atoms in total. The van der Waals surface area contributed by atoms with Crippen molar-refractivity contribution in [2.75, 3.05) is 5.73 Å². The highest BCUT2D eigenvalue weighted by atomic mass is 32.2. The van der Waals surface area contributed by atoms with Crippen LogP contribution in [0.25, 0.3) is 4.96 Å². The van der Waals surface area contributed by atoms with Crippen molar-refractivity contribution in [1.82, 2.24) is 34.7 Å². The van der Waals surface area contributed by atoms with Gasteiger partial charge in [0.05, 0.1) is 6.04 Å². The molecule has 0 amide bonds. The first-order chi connectivity index (χ1) is 9.49. The molecule has 3 heterocycles. The maximum absolute atomic E-state index is 12.4. The lowest BCUT2D eigenvalue weighted by Crippen LogP contribution is -2.29. The largest absolute Gasteiger partial charge is 0.381 e. The number of H-pyrrole nitrogens is 1. The Hall–Kier alpha value is -2.05. The van der Waals surface area contributed by atoms with Crippen LogP contribution in [0, 0.1) is 0 Å². The van der Waals surface area contributed by atoms with Crippen molar-refractivity contribution in [2.45, 2.75) is 18.0 Å². The van der Waals surface area contributed by atoms with Gasteiger partial charge in [-0.15, -0.1) is 21.5 Å². The highest BCUT2D eigenvalue weighted by molar-refractivity contribution is 7.89. The minimum absolute atomic E-state index is 0.0512. The minimum atomic E-state index is -3.86. The topological polar surface area (TPSA) is 144 Å². The van der Waals surface area contributed by atoms with Crippen LogP contribution < -0.4 is 10.5 Å². The molecule has 20 heavy (non-hydrogen) atoms. The summed E-state index contributed by atoms with van der Waals surface area (Å²) in [5.74, 6) is 0.183. The van der Waals surface area contributed by atoms with Gasteiger partial charge in [0.25, 0.3) is 10.0 Å². The summed E-state index contributed by atoms with van der Waals surface area (Å²) in [5.41, 5.74) is 5.68. The lowest BCUT2D eigenvalue weighted by atomic mass is 10.4. The molecule has 0 aromatic carbocycles. The molecule has 12 heteroatoms. The number of hydrogen-bond donors (Lipinski definition) is 3. The summed E-state index contributed by atoms with van der Waals surface area (Å²) in [7, 11) is -3.86. The van der Waals surface area contributed by atoms with E-state index in [-0.39, 0.29) is 16.7 Å². The van der Waals surface area contributed by atoms with Crippen LogP contribution in [0.2, 0.25) is 0 Å². The summed E-state index contributed by atoms with van der Waals surface area (Å²) in [4.78, 5) is 4.51. The third kappa shape index (κ3) is 2.03. The number of nitrogens with zero attached hydrogens (tertiary/aromatic N) is 5. The van der Waals surface area contributed by atoms with Crippen LogP contribution in [0.1, 0.15) is 18.8 Å². The molecule has 1 atom stereocenters. The number of fused-ring (bicyclic) bond motifs is 1. The van der Waals surface area contributed by atoms with E-state index in [2.05, 4.69) is 30.3 Å². The van der Waals surface area contributed by atoms with Crippen molar-refractivity contribution in [3.63, 3.8) is 0 Å². The van der Waals surface area contributed by atoms with Crippen LogP contribution >= 0.6 is 11.3 Å². The van der Waals surface area contributed by atoms with Gasteiger partial charge in [0, 0.05) is 11.6 Å². The third-order valence-electron chi connectivity index (χ3n) is 2.58. The minimum Gasteiger partial charge on any atom is -0.381 e. The Labute approximate surface area is 117 Å². The summed E-state index contributed by atoms with van der Waals surface area (Å²) >= 11 is 1.30. The predicted octanol–water partition coefficient (Wildman–Crippen LogP) is -0.469. The first kappa shape index (κ1) is 13.0. The van der Waals surface area contributed by atoms with E-state index in [1.54, 1.807) is 18.5 Å². The normalized spacial score (nSPS) is 13.8. The summed E-state index contributed by atoms with van der Waals surface area (Å²) < 4.78 is 28.7. The van der Waals surface area contributed by atoms with Crippen molar-refractivity contribution in [3.8, 4) is 0 Å². The summed E-state index contributed by atoms with van der Waals surface area (Å²) in [6, 6.07) is -0.651. The Morgan fingerprint density at radius 2 is 2.35 bits per heavy atom. The smallest absolute Gasteiger partial charge is 0.261 e. The monoisotopic (exact) mass is 314 g/mol. The molecular weight excluding hydrogens is 304 g/mol. The Morgan fingerprint density at radius 3 is 3.05 bits per heavy atom. The molecule has 0 saturated heterocycles. The molecule has 0 aliphatic heterocycles. The Balaban J connectivity index is 2.00. The van der Waals surface area contributed by atoms with Gasteiger partial charge < -0.3 is 5.73 Å².